The zero-order valence-electron chi connectivity index (χ0n) is 14.0. The molecule has 0 aliphatic heterocycles. The molecular formula is C19H18N2O4. The zero-order chi connectivity index (χ0) is 17.6. The summed E-state index contributed by atoms with van der Waals surface area (Å²) >= 11 is 0. The van der Waals surface area contributed by atoms with E-state index in [-0.39, 0.29) is 6.61 Å². The molecule has 6 heteroatoms. The van der Waals surface area contributed by atoms with E-state index < -0.39 is 5.97 Å². The normalized spacial score (nSPS) is 10.3. The molecule has 25 heavy (non-hydrogen) atoms. The van der Waals surface area contributed by atoms with Crippen molar-refractivity contribution in [3.63, 3.8) is 0 Å². The van der Waals surface area contributed by atoms with E-state index in [1.807, 2.05) is 36.5 Å². The SMILES string of the molecule is COc1ccc(OC)c(C(=O)OCc2ccc(-n3cccn3)cc2)c1. The summed E-state index contributed by atoms with van der Waals surface area (Å²) in [7, 11) is 3.05. The number of carbonyl (C=O) groups excluding carboxylic acids is 1. The molecule has 0 spiro atoms. The third-order valence-corrected chi connectivity index (χ3v) is 3.70. The topological polar surface area (TPSA) is 62.6 Å². The van der Waals surface area contributed by atoms with E-state index in [1.54, 1.807) is 29.1 Å². The van der Waals surface area contributed by atoms with Gasteiger partial charge >= 0.3 is 5.97 Å². The van der Waals surface area contributed by atoms with Crippen molar-refractivity contribution >= 4 is 5.97 Å². The van der Waals surface area contributed by atoms with Crippen molar-refractivity contribution in [2.75, 3.05) is 14.2 Å². The third kappa shape index (κ3) is 3.80. The first kappa shape index (κ1) is 16.6. The first-order valence-corrected chi connectivity index (χ1v) is 7.69. The van der Waals surface area contributed by atoms with Crippen molar-refractivity contribution in [3.05, 3.63) is 72.1 Å². The fraction of sp³-hybridized carbons (Fsp3) is 0.158. The van der Waals surface area contributed by atoms with Gasteiger partial charge in [-0.1, -0.05) is 12.1 Å². The Morgan fingerprint density at radius 2 is 1.88 bits per heavy atom. The van der Waals surface area contributed by atoms with Crippen molar-refractivity contribution in [1.82, 2.24) is 9.78 Å². The molecule has 0 saturated carbocycles. The minimum absolute atomic E-state index is 0.165. The number of hydrogen-bond donors (Lipinski definition) is 0. The van der Waals surface area contributed by atoms with Crippen LogP contribution in [0.15, 0.2) is 60.9 Å². The molecule has 128 valence electrons. The highest BCUT2D eigenvalue weighted by Crippen LogP contribution is 2.25. The minimum atomic E-state index is -0.466. The molecule has 1 heterocycles. The van der Waals surface area contributed by atoms with Crippen LogP contribution in [0.25, 0.3) is 5.69 Å². The van der Waals surface area contributed by atoms with Crippen LogP contribution in [-0.2, 0) is 11.3 Å². The summed E-state index contributed by atoms with van der Waals surface area (Å²) in [4.78, 5) is 12.3. The number of rotatable bonds is 6. The Morgan fingerprint density at radius 1 is 1.08 bits per heavy atom. The predicted molar refractivity (Wildman–Crippen MR) is 92.2 cm³/mol. The van der Waals surface area contributed by atoms with Crippen molar-refractivity contribution in [2.24, 2.45) is 0 Å². The van der Waals surface area contributed by atoms with Gasteiger partial charge in [0.25, 0.3) is 0 Å². The first-order valence-electron chi connectivity index (χ1n) is 7.69. The van der Waals surface area contributed by atoms with Gasteiger partial charge in [-0.15, -0.1) is 0 Å². The van der Waals surface area contributed by atoms with Gasteiger partial charge in [0.05, 0.1) is 19.9 Å². The summed E-state index contributed by atoms with van der Waals surface area (Å²) in [5.41, 5.74) is 2.15. The van der Waals surface area contributed by atoms with Gasteiger partial charge in [0.1, 0.15) is 23.7 Å². The van der Waals surface area contributed by atoms with Crippen LogP contribution < -0.4 is 9.47 Å². The van der Waals surface area contributed by atoms with Gasteiger partial charge in [-0.2, -0.15) is 5.10 Å². The summed E-state index contributed by atoms with van der Waals surface area (Å²) < 4.78 is 17.5. The van der Waals surface area contributed by atoms with E-state index in [2.05, 4.69) is 5.10 Å². The zero-order valence-corrected chi connectivity index (χ0v) is 14.0. The van der Waals surface area contributed by atoms with Gasteiger partial charge in [0.15, 0.2) is 0 Å². The molecule has 0 atom stereocenters. The third-order valence-electron chi connectivity index (χ3n) is 3.70. The van der Waals surface area contributed by atoms with E-state index in [0.29, 0.717) is 17.1 Å². The molecule has 0 N–H and O–H groups in total. The van der Waals surface area contributed by atoms with Crippen LogP contribution in [0.4, 0.5) is 0 Å². The van der Waals surface area contributed by atoms with Gasteiger partial charge in [-0.3, -0.25) is 0 Å². The molecule has 2 aromatic carbocycles. The molecule has 0 aliphatic carbocycles. The van der Waals surface area contributed by atoms with E-state index in [1.165, 1.54) is 14.2 Å². The summed E-state index contributed by atoms with van der Waals surface area (Å²) in [5, 5.41) is 4.17. The van der Waals surface area contributed by atoms with Gasteiger partial charge in [-0.05, 0) is 42.0 Å². The maximum absolute atomic E-state index is 12.3. The second kappa shape index (κ2) is 7.53. The second-order valence-corrected chi connectivity index (χ2v) is 5.26. The molecule has 0 unspecified atom stereocenters. The Hall–Kier alpha value is -3.28. The van der Waals surface area contributed by atoms with Crippen LogP contribution in [0.3, 0.4) is 0 Å². The van der Waals surface area contributed by atoms with E-state index in [4.69, 9.17) is 14.2 Å². The Morgan fingerprint density at radius 3 is 2.52 bits per heavy atom. The molecule has 0 aliphatic rings. The molecule has 0 saturated heterocycles. The molecule has 3 aromatic rings. The molecule has 3 rings (SSSR count). The van der Waals surface area contributed by atoms with Crippen molar-refractivity contribution in [1.29, 1.82) is 0 Å². The minimum Gasteiger partial charge on any atom is -0.497 e. The van der Waals surface area contributed by atoms with Crippen LogP contribution in [0.5, 0.6) is 11.5 Å². The summed E-state index contributed by atoms with van der Waals surface area (Å²) in [5.74, 6) is 0.544. The smallest absolute Gasteiger partial charge is 0.342 e. The van der Waals surface area contributed by atoms with Crippen molar-refractivity contribution in [2.45, 2.75) is 6.61 Å². The Bertz CT molecular complexity index is 842. The lowest BCUT2D eigenvalue weighted by Crippen LogP contribution is -2.07. The maximum Gasteiger partial charge on any atom is 0.342 e. The lowest BCUT2D eigenvalue weighted by Gasteiger charge is -2.10. The number of esters is 1. The number of aromatic nitrogens is 2. The number of ether oxygens (including phenoxy) is 3. The fourth-order valence-electron chi connectivity index (χ4n) is 2.37. The fourth-order valence-corrected chi connectivity index (χ4v) is 2.37. The van der Waals surface area contributed by atoms with Gasteiger partial charge in [0.2, 0.25) is 0 Å². The average Bonchev–Trinajstić information content (AvgIpc) is 3.20. The summed E-state index contributed by atoms with van der Waals surface area (Å²) in [6.45, 7) is 0.165. The predicted octanol–water partition coefficient (Wildman–Crippen LogP) is 3.25. The molecule has 0 bridgehead atoms. The quantitative estimate of drug-likeness (QED) is 0.646. The first-order chi connectivity index (χ1) is 12.2. The second-order valence-electron chi connectivity index (χ2n) is 5.26. The average molecular weight is 338 g/mol. The van der Waals surface area contributed by atoms with Gasteiger partial charge < -0.3 is 14.2 Å². The van der Waals surface area contributed by atoms with Crippen LogP contribution >= 0.6 is 0 Å². The number of nitrogens with zero attached hydrogens (tertiary/aromatic N) is 2. The van der Waals surface area contributed by atoms with Crippen LogP contribution in [0.1, 0.15) is 15.9 Å². The largest absolute Gasteiger partial charge is 0.497 e. The highest BCUT2D eigenvalue weighted by atomic mass is 16.5. The Labute approximate surface area is 145 Å². The van der Waals surface area contributed by atoms with Crippen LogP contribution in [-0.4, -0.2) is 30.0 Å². The van der Waals surface area contributed by atoms with Crippen molar-refractivity contribution < 1.29 is 19.0 Å². The standard InChI is InChI=1S/C19H18N2O4/c1-23-16-8-9-18(24-2)17(12-16)19(22)25-13-14-4-6-15(7-5-14)21-11-3-10-20-21/h3-12H,13H2,1-2H3. The van der Waals surface area contributed by atoms with Crippen LogP contribution in [0, 0.1) is 0 Å². The molecule has 0 fully saturated rings. The highest BCUT2D eigenvalue weighted by Gasteiger charge is 2.15. The monoisotopic (exact) mass is 338 g/mol. The molecule has 6 nitrogen and oxygen atoms in total. The number of carbonyl (C=O) groups is 1. The molecule has 0 amide bonds. The number of benzene rings is 2. The summed E-state index contributed by atoms with van der Waals surface area (Å²) in [6.07, 6.45) is 3.58. The van der Waals surface area contributed by atoms with Gasteiger partial charge in [-0.25, -0.2) is 9.48 Å². The summed E-state index contributed by atoms with van der Waals surface area (Å²) in [6, 6.07) is 14.5. The van der Waals surface area contributed by atoms with E-state index in [9.17, 15) is 4.79 Å². The van der Waals surface area contributed by atoms with Crippen LogP contribution in [0.2, 0.25) is 0 Å². The lowest BCUT2D eigenvalue weighted by molar-refractivity contribution is 0.0468. The van der Waals surface area contributed by atoms with E-state index >= 15 is 0 Å². The lowest BCUT2D eigenvalue weighted by atomic mass is 10.2. The highest BCUT2D eigenvalue weighted by molar-refractivity contribution is 5.93. The number of hydrogen-bond acceptors (Lipinski definition) is 5. The molecule has 0 radical (unpaired) electrons. The number of methoxy groups -OCH3 is 2. The molecule has 1 aromatic heterocycles. The Balaban J connectivity index is 1.68. The Kier molecular flexibility index (Phi) is 4.99. The molecular weight excluding hydrogens is 320 g/mol. The van der Waals surface area contributed by atoms with E-state index in [0.717, 1.165) is 11.3 Å². The van der Waals surface area contributed by atoms with Gasteiger partial charge in [0, 0.05) is 12.4 Å². The van der Waals surface area contributed by atoms with Crippen molar-refractivity contribution in [3.8, 4) is 17.2 Å². The maximum atomic E-state index is 12.3.